The summed E-state index contributed by atoms with van der Waals surface area (Å²) < 4.78 is 13.6. The van der Waals surface area contributed by atoms with Crippen LogP contribution in [0, 0.1) is 11.7 Å². The van der Waals surface area contributed by atoms with E-state index < -0.39 is 5.97 Å². The van der Waals surface area contributed by atoms with Crippen molar-refractivity contribution in [3.63, 3.8) is 0 Å². The molecule has 0 spiro atoms. The van der Waals surface area contributed by atoms with Crippen LogP contribution in [0.1, 0.15) is 31.9 Å². The topological polar surface area (TPSA) is 40.5 Å². The van der Waals surface area contributed by atoms with Crippen LogP contribution < -0.4 is 0 Å². The van der Waals surface area contributed by atoms with Gasteiger partial charge in [-0.2, -0.15) is 0 Å². The first kappa shape index (κ1) is 16.4. The van der Waals surface area contributed by atoms with Gasteiger partial charge in [0.15, 0.2) is 0 Å². The van der Waals surface area contributed by atoms with Crippen LogP contribution in [0.15, 0.2) is 24.3 Å². The van der Waals surface area contributed by atoms with E-state index in [-0.39, 0.29) is 5.82 Å². The van der Waals surface area contributed by atoms with E-state index in [9.17, 15) is 9.18 Å². The van der Waals surface area contributed by atoms with E-state index in [0.29, 0.717) is 18.0 Å². The number of nitrogens with zero attached hydrogens (tertiary/aromatic N) is 1. The van der Waals surface area contributed by atoms with Crippen LogP contribution in [-0.4, -0.2) is 29.1 Å². The minimum absolute atomic E-state index is 0.340. The van der Waals surface area contributed by atoms with Gasteiger partial charge in [-0.25, -0.2) is 9.18 Å². The zero-order valence-corrected chi connectivity index (χ0v) is 12.3. The molecule has 1 N–H and O–H groups in total. The summed E-state index contributed by atoms with van der Waals surface area (Å²) in [6.45, 7) is 8.89. The van der Waals surface area contributed by atoms with Crippen LogP contribution in [-0.2, 0) is 11.3 Å². The van der Waals surface area contributed by atoms with Gasteiger partial charge in [0, 0.05) is 19.2 Å². The minimum Gasteiger partial charge on any atom is -0.478 e. The lowest BCUT2D eigenvalue weighted by Crippen LogP contribution is -2.27. The fourth-order valence-corrected chi connectivity index (χ4v) is 2.11. The maximum absolute atomic E-state index is 13.6. The monoisotopic (exact) mass is 279 g/mol. The van der Waals surface area contributed by atoms with E-state index in [4.69, 9.17) is 5.11 Å². The number of aliphatic carboxylic acids is 1. The summed E-state index contributed by atoms with van der Waals surface area (Å²) in [4.78, 5) is 12.7. The molecule has 0 amide bonds. The molecule has 0 fully saturated rings. The van der Waals surface area contributed by atoms with Gasteiger partial charge < -0.3 is 5.11 Å². The summed E-state index contributed by atoms with van der Waals surface area (Å²) in [7, 11) is 0. The van der Waals surface area contributed by atoms with Crippen LogP contribution >= 0.6 is 0 Å². The van der Waals surface area contributed by atoms with Gasteiger partial charge in [0.05, 0.1) is 0 Å². The minimum atomic E-state index is -1.04. The van der Waals surface area contributed by atoms with Crippen molar-refractivity contribution in [1.82, 2.24) is 4.90 Å². The molecule has 1 aromatic rings. The highest BCUT2D eigenvalue weighted by atomic mass is 19.1. The summed E-state index contributed by atoms with van der Waals surface area (Å²) in [5.74, 6) is -0.825. The molecule has 110 valence electrons. The number of carboxylic acids is 1. The van der Waals surface area contributed by atoms with Gasteiger partial charge in [0.1, 0.15) is 5.82 Å². The van der Waals surface area contributed by atoms with Crippen molar-refractivity contribution in [3.8, 4) is 0 Å². The highest BCUT2D eigenvalue weighted by Crippen LogP contribution is 2.14. The fourth-order valence-electron chi connectivity index (χ4n) is 2.11. The Morgan fingerprint density at radius 1 is 1.40 bits per heavy atom. The number of benzene rings is 1. The molecule has 0 aromatic heterocycles. The molecule has 0 unspecified atom stereocenters. The predicted octanol–water partition coefficient (Wildman–Crippen LogP) is 3.40. The molecule has 0 saturated carbocycles. The standard InChI is InChI=1S/C16H22FNO2/c1-4-18(10-12(2)3)11-14-7-13(5-6-16(19)20)8-15(17)9-14/h5-9,12H,4,10-11H2,1-3H3,(H,19,20). The van der Waals surface area contributed by atoms with Crippen LogP contribution in [0.2, 0.25) is 0 Å². The molecule has 0 saturated heterocycles. The first-order valence-electron chi connectivity index (χ1n) is 6.83. The Labute approximate surface area is 119 Å². The van der Waals surface area contributed by atoms with Crippen molar-refractivity contribution >= 4 is 12.0 Å². The zero-order chi connectivity index (χ0) is 15.1. The average Bonchev–Trinajstić information content (AvgIpc) is 2.34. The van der Waals surface area contributed by atoms with Gasteiger partial charge in [-0.05, 0) is 41.8 Å². The van der Waals surface area contributed by atoms with E-state index in [1.807, 2.05) is 6.07 Å². The summed E-state index contributed by atoms with van der Waals surface area (Å²) in [5, 5.41) is 8.61. The van der Waals surface area contributed by atoms with Gasteiger partial charge >= 0.3 is 5.97 Å². The second-order valence-electron chi connectivity index (χ2n) is 5.29. The molecular weight excluding hydrogens is 257 g/mol. The molecule has 1 rings (SSSR count). The smallest absolute Gasteiger partial charge is 0.328 e. The van der Waals surface area contributed by atoms with E-state index in [2.05, 4.69) is 25.7 Å². The Hall–Kier alpha value is -1.68. The first-order chi connectivity index (χ1) is 9.40. The van der Waals surface area contributed by atoms with Gasteiger partial charge in [0.25, 0.3) is 0 Å². The lowest BCUT2D eigenvalue weighted by atomic mass is 10.1. The second kappa shape index (κ2) is 7.80. The molecule has 0 radical (unpaired) electrons. The molecule has 20 heavy (non-hydrogen) atoms. The van der Waals surface area contributed by atoms with E-state index in [1.165, 1.54) is 18.2 Å². The maximum atomic E-state index is 13.6. The third-order valence-corrected chi connectivity index (χ3v) is 2.88. The van der Waals surface area contributed by atoms with Crippen molar-refractivity contribution in [2.45, 2.75) is 27.3 Å². The van der Waals surface area contributed by atoms with E-state index >= 15 is 0 Å². The van der Waals surface area contributed by atoms with Gasteiger partial charge in [-0.3, -0.25) is 4.90 Å². The summed E-state index contributed by atoms with van der Waals surface area (Å²) in [5.41, 5.74) is 1.43. The Kier molecular flexibility index (Phi) is 6.39. The lowest BCUT2D eigenvalue weighted by Gasteiger charge is -2.22. The zero-order valence-electron chi connectivity index (χ0n) is 12.3. The highest BCUT2D eigenvalue weighted by Gasteiger charge is 2.07. The molecule has 0 aliphatic rings. The normalized spacial score (nSPS) is 11.7. The highest BCUT2D eigenvalue weighted by molar-refractivity contribution is 5.85. The molecule has 4 heteroatoms. The number of hydrogen-bond donors (Lipinski definition) is 1. The molecular formula is C16H22FNO2. The van der Waals surface area contributed by atoms with Gasteiger partial charge in [-0.15, -0.1) is 0 Å². The average molecular weight is 279 g/mol. The van der Waals surface area contributed by atoms with Crippen LogP contribution in [0.4, 0.5) is 4.39 Å². The quantitative estimate of drug-likeness (QED) is 0.778. The fraction of sp³-hybridized carbons (Fsp3) is 0.438. The third kappa shape index (κ3) is 5.97. The molecule has 1 aromatic carbocycles. The number of rotatable bonds is 7. The number of carboxylic acid groups (broad SMARTS) is 1. The van der Waals surface area contributed by atoms with Crippen LogP contribution in [0.5, 0.6) is 0 Å². The largest absolute Gasteiger partial charge is 0.478 e. The third-order valence-electron chi connectivity index (χ3n) is 2.88. The Morgan fingerprint density at radius 2 is 2.10 bits per heavy atom. The van der Waals surface area contributed by atoms with E-state index in [0.717, 1.165) is 24.7 Å². The van der Waals surface area contributed by atoms with Crippen molar-refractivity contribution in [3.05, 3.63) is 41.2 Å². The van der Waals surface area contributed by atoms with Crippen molar-refractivity contribution < 1.29 is 14.3 Å². The predicted molar refractivity (Wildman–Crippen MR) is 78.9 cm³/mol. The Balaban J connectivity index is 2.86. The SMILES string of the molecule is CCN(Cc1cc(F)cc(C=CC(=O)O)c1)CC(C)C. The molecule has 0 bridgehead atoms. The first-order valence-corrected chi connectivity index (χ1v) is 6.83. The molecule has 3 nitrogen and oxygen atoms in total. The second-order valence-corrected chi connectivity index (χ2v) is 5.29. The van der Waals surface area contributed by atoms with Crippen LogP contribution in [0.25, 0.3) is 6.08 Å². The molecule has 0 heterocycles. The summed E-state index contributed by atoms with van der Waals surface area (Å²) in [6.07, 6.45) is 2.43. The molecule has 0 aliphatic heterocycles. The van der Waals surface area contributed by atoms with Crippen molar-refractivity contribution in [2.24, 2.45) is 5.92 Å². The van der Waals surface area contributed by atoms with E-state index in [1.54, 1.807) is 0 Å². The van der Waals surface area contributed by atoms with Crippen molar-refractivity contribution in [1.29, 1.82) is 0 Å². The number of carbonyl (C=O) groups is 1. The summed E-state index contributed by atoms with van der Waals surface area (Å²) >= 11 is 0. The maximum Gasteiger partial charge on any atom is 0.328 e. The Bertz CT molecular complexity index is 483. The summed E-state index contributed by atoms with van der Waals surface area (Å²) in [6, 6.07) is 4.66. The Morgan fingerprint density at radius 3 is 2.65 bits per heavy atom. The number of halogens is 1. The van der Waals surface area contributed by atoms with Gasteiger partial charge in [-0.1, -0.05) is 26.8 Å². The van der Waals surface area contributed by atoms with Crippen molar-refractivity contribution in [2.75, 3.05) is 13.1 Å². The van der Waals surface area contributed by atoms with Gasteiger partial charge in [0.2, 0.25) is 0 Å². The number of hydrogen-bond acceptors (Lipinski definition) is 2. The van der Waals surface area contributed by atoms with Crippen LogP contribution in [0.3, 0.4) is 0 Å². The molecule has 0 aliphatic carbocycles. The molecule has 0 atom stereocenters. The lowest BCUT2D eigenvalue weighted by molar-refractivity contribution is -0.131.